The summed E-state index contributed by atoms with van der Waals surface area (Å²) < 4.78 is 0. The van der Waals surface area contributed by atoms with Gasteiger partial charge >= 0.3 is 0 Å². The van der Waals surface area contributed by atoms with Gasteiger partial charge < -0.3 is 0 Å². The normalized spacial score (nSPS) is 10.8. The highest BCUT2D eigenvalue weighted by atomic mass is 35.5. The van der Waals surface area contributed by atoms with Crippen LogP contribution in [0.2, 0.25) is 5.02 Å². The van der Waals surface area contributed by atoms with Crippen LogP contribution in [0.15, 0.2) is 73.1 Å². The first kappa shape index (κ1) is 13.9. The van der Waals surface area contributed by atoms with E-state index in [0.29, 0.717) is 10.7 Å². The van der Waals surface area contributed by atoms with Crippen molar-refractivity contribution in [2.24, 2.45) is 0 Å². The lowest BCUT2D eigenvalue weighted by molar-refractivity contribution is 1.18. The first-order valence-electron chi connectivity index (χ1n) is 7.24. The van der Waals surface area contributed by atoms with Gasteiger partial charge in [-0.1, -0.05) is 54.1 Å². The fourth-order valence-electron chi connectivity index (χ4n) is 2.55. The molecule has 4 aromatic rings. The van der Waals surface area contributed by atoms with E-state index in [0.717, 1.165) is 27.9 Å². The Hall–Kier alpha value is -2.78. The predicted octanol–water partition coefficient (Wildman–Crippen LogP) is 5.01. The standard InChI is InChI=1S/C19H12ClN3/c20-15-8-6-13(7-9-15)17-11-10-16-18(14-4-2-1-3-5-14)21-12-22-19(16)23-17/h1-12H. The van der Waals surface area contributed by atoms with Crippen molar-refractivity contribution in [2.75, 3.05) is 0 Å². The molecule has 4 rings (SSSR count). The largest absolute Gasteiger partial charge is 0.236 e. The summed E-state index contributed by atoms with van der Waals surface area (Å²) in [6, 6.07) is 21.7. The zero-order valence-electron chi connectivity index (χ0n) is 12.1. The Bertz CT molecular complexity index is 967. The van der Waals surface area contributed by atoms with Gasteiger partial charge in [0, 0.05) is 21.5 Å². The molecule has 3 nitrogen and oxygen atoms in total. The van der Waals surface area contributed by atoms with Gasteiger partial charge in [-0.2, -0.15) is 0 Å². The first-order valence-corrected chi connectivity index (χ1v) is 7.62. The van der Waals surface area contributed by atoms with Crippen LogP contribution in [-0.4, -0.2) is 15.0 Å². The summed E-state index contributed by atoms with van der Waals surface area (Å²) in [5.41, 5.74) is 4.51. The van der Waals surface area contributed by atoms with E-state index in [-0.39, 0.29) is 0 Å². The molecule has 2 aromatic heterocycles. The maximum atomic E-state index is 5.94. The van der Waals surface area contributed by atoms with E-state index >= 15 is 0 Å². The van der Waals surface area contributed by atoms with Gasteiger partial charge in [0.25, 0.3) is 0 Å². The Kier molecular flexibility index (Phi) is 3.48. The summed E-state index contributed by atoms with van der Waals surface area (Å²) in [5.74, 6) is 0. The molecule has 0 fully saturated rings. The van der Waals surface area contributed by atoms with Crippen molar-refractivity contribution in [3.63, 3.8) is 0 Å². The highest BCUT2D eigenvalue weighted by molar-refractivity contribution is 6.30. The molecule has 0 bridgehead atoms. The molecule has 0 saturated carbocycles. The van der Waals surface area contributed by atoms with Crippen LogP contribution in [0.5, 0.6) is 0 Å². The number of halogens is 1. The number of rotatable bonds is 2. The Balaban J connectivity index is 1.86. The van der Waals surface area contributed by atoms with Crippen molar-refractivity contribution in [2.45, 2.75) is 0 Å². The van der Waals surface area contributed by atoms with Gasteiger partial charge in [-0.25, -0.2) is 15.0 Å². The van der Waals surface area contributed by atoms with Crippen LogP contribution in [0.3, 0.4) is 0 Å². The van der Waals surface area contributed by atoms with Gasteiger partial charge in [-0.05, 0) is 24.3 Å². The second-order valence-electron chi connectivity index (χ2n) is 5.16. The van der Waals surface area contributed by atoms with Gasteiger partial charge in [0.2, 0.25) is 0 Å². The lowest BCUT2D eigenvalue weighted by Crippen LogP contribution is -1.93. The van der Waals surface area contributed by atoms with Crippen LogP contribution in [0, 0.1) is 0 Å². The van der Waals surface area contributed by atoms with E-state index in [9.17, 15) is 0 Å². The van der Waals surface area contributed by atoms with Crippen LogP contribution in [0.1, 0.15) is 0 Å². The van der Waals surface area contributed by atoms with Crippen LogP contribution in [-0.2, 0) is 0 Å². The Morgan fingerprint density at radius 1 is 0.696 bits per heavy atom. The zero-order valence-corrected chi connectivity index (χ0v) is 12.9. The maximum Gasteiger partial charge on any atom is 0.163 e. The minimum Gasteiger partial charge on any atom is -0.236 e. The molecule has 23 heavy (non-hydrogen) atoms. The third kappa shape index (κ3) is 2.67. The minimum absolute atomic E-state index is 0.686. The summed E-state index contributed by atoms with van der Waals surface area (Å²) in [7, 11) is 0. The van der Waals surface area contributed by atoms with Crippen LogP contribution in [0.25, 0.3) is 33.5 Å². The Labute approximate surface area is 138 Å². The molecule has 2 heterocycles. The average Bonchev–Trinajstić information content (AvgIpc) is 2.62. The smallest absolute Gasteiger partial charge is 0.163 e. The maximum absolute atomic E-state index is 5.94. The lowest BCUT2D eigenvalue weighted by atomic mass is 10.1. The predicted molar refractivity (Wildman–Crippen MR) is 93.2 cm³/mol. The number of fused-ring (bicyclic) bond motifs is 1. The molecular formula is C19H12ClN3. The van der Waals surface area contributed by atoms with Crippen molar-refractivity contribution in [1.29, 1.82) is 0 Å². The quantitative estimate of drug-likeness (QED) is 0.521. The highest BCUT2D eigenvalue weighted by Gasteiger charge is 2.08. The number of nitrogens with zero attached hydrogens (tertiary/aromatic N) is 3. The molecule has 0 aliphatic rings. The molecule has 0 spiro atoms. The second-order valence-corrected chi connectivity index (χ2v) is 5.60. The van der Waals surface area contributed by atoms with Gasteiger partial charge in [-0.15, -0.1) is 0 Å². The monoisotopic (exact) mass is 317 g/mol. The van der Waals surface area contributed by atoms with Crippen molar-refractivity contribution < 1.29 is 0 Å². The summed E-state index contributed by atoms with van der Waals surface area (Å²) in [4.78, 5) is 13.4. The second kappa shape index (κ2) is 5.78. The van der Waals surface area contributed by atoms with Crippen LogP contribution < -0.4 is 0 Å². The van der Waals surface area contributed by atoms with Crippen molar-refractivity contribution in [1.82, 2.24) is 15.0 Å². The summed E-state index contributed by atoms with van der Waals surface area (Å²) in [5, 5.41) is 1.65. The Morgan fingerprint density at radius 3 is 2.26 bits per heavy atom. The number of benzene rings is 2. The SMILES string of the molecule is Clc1ccc(-c2ccc3c(-c4ccccc4)ncnc3n2)cc1. The van der Waals surface area contributed by atoms with Gasteiger partial charge in [0.05, 0.1) is 11.4 Å². The molecule has 0 aliphatic heterocycles. The van der Waals surface area contributed by atoms with Crippen molar-refractivity contribution >= 4 is 22.6 Å². The summed E-state index contributed by atoms with van der Waals surface area (Å²) in [6.07, 6.45) is 1.56. The molecule has 0 unspecified atom stereocenters. The van der Waals surface area contributed by atoms with E-state index in [2.05, 4.69) is 15.0 Å². The van der Waals surface area contributed by atoms with E-state index < -0.39 is 0 Å². The van der Waals surface area contributed by atoms with E-state index in [4.69, 9.17) is 11.6 Å². The number of aromatic nitrogens is 3. The lowest BCUT2D eigenvalue weighted by Gasteiger charge is -2.07. The van der Waals surface area contributed by atoms with Crippen LogP contribution >= 0.6 is 11.6 Å². The Morgan fingerprint density at radius 2 is 1.48 bits per heavy atom. The molecule has 0 amide bonds. The molecule has 0 radical (unpaired) electrons. The molecule has 0 atom stereocenters. The third-order valence-corrected chi connectivity index (χ3v) is 3.94. The molecule has 110 valence electrons. The number of pyridine rings is 1. The zero-order chi connectivity index (χ0) is 15.6. The molecule has 0 aliphatic carbocycles. The molecule has 4 heteroatoms. The first-order chi connectivity index (χ1) is 11.3. The van der Waals surface area contributed by atoms with Gasteiger partial charge in [0.15, 0.2) is 5.65 Å². The number of hydrogen-bond donors (Lipinski definition) is 0. The molecule has 0 saturated heterocycles. The fourth-order valence-corrected chi connectivity index (χ4v) is 2.68. The fraction of sp³-hybridized carbons (Fsp3) is 0. The van der Waals surface area contributed by atoms with Crippen LogP contribution in [0.4, 0.5) is 0 Å². The molecular weight excluding hydrogens is 306 g/mol. The van der Waals surface area contributed by atoms with E-state index in [1.807, 2.05) is 66.7 Å². The van der Waals surface area contributed by atoms with E-state index in [1.165, 1.54) is 0 Å². The third-order valence-electron chi connectivity index (χ3n) is 3.68. The topological polar surface area (TPSA) is 38.7 Å². The van der Waals surface area contributed by atoms with Gasteiger partial charge in [0.1, 0.15) is 6.33 Å². The highest BCUT2D eigenvalue weighted by Crippen LogP contribution is 2.27. The van der Waals surface area contributed by atoms with Gasteiger partial charge in [-0.3, -0.25) is 0 Å². The average molecular weight is 318 g/mol. The van der Waals surface area contributed by atoms with Crippen molar-refractivity contribution in [3.05, 3.63) is 78.1 Å². The summed E-state index contributed by atoms with van der Waals surface area (Å²) in [6.45, 7) is 0. The minimum atomic E-state index is 0.686. The molecule has 0 N–H and O–H groups in total. The van der Waals surface area contributed by atoms with Crippen molar-refractivity contribution in [3.8, 4) is 22.5 Å². The summed E-state index contributed by atoms with van der Waals surface area (Å²) >= 11 is 5.94. The van der Waals surface area contributed by atoms with E-state index in [1.54, 1.807) is 6.33 Å². The number of hydrogen-bond acceptors (Lipinski definition) is 3. The molecule has 2 aromatic carbocycles.